The molecule has 1 aliphatic rings. The lowest BCUT2D eigenvalue weighted by Gasteiger charge is -2.16. The Hall–Kier alpha value is -2.43. The number of hydrogen-bond donors (Lipinski definition) is 0. The highest BCUT2D eigenvalue weighted by molar-refractivity contribution is 5.87. The number of fused-ring (bicyclic) bond motifs is 1. The quantitative estimate of drug-likeness (QED) is 0.808. The van der Waals surface area contributed by atoms with Crippen molar-refractivity contribution in [2.45, 2.75) is 12.8 Å². The molecule has 5 heteroatoms. The Morgan fingerprint density at radius 1 is 1.36 bits per heavy atom. The molecule has 2 heterocycles. The van der Waals surface area contributed by atoms with E-state index in [0.717, 1.165) is 22.9 Å². The summed E-state index contributed by atoms with van der Waals surface area (Å²) in [6, 6.07) is 10.0. The number of methoxy groups -OCH3 is 1. The first kappa shape index (κ1) is 14.5. The molecule has 1 aromatic carbocycles. The molecule has 1 atom stereocenters. The van der Waals surface area contributed by atoms with Crippen LogP contribution >= 0.6 is 0 Å². The number of rotatable bonds is 4. The van der Waals surface area contributed by atoms with Crippen molar-refractivity contribution >= 4 is 22.8 Å². The maximum Gasteiger partial charge on any atom is 0.310 e. The Labute approximate surface area is 128 Å². The number of carbonyl (C=O) groups is 2. The Kier molecular flexibility index (Phi) is 4.04. The molecule has 5 nitrogen and oxygen atoms in total. The molecule has 0 bridgehead atoms. The smallest absolute Gasteiger partial charge is 0.310 e. The van der Waals surface area contributed by atoms with Gasteiger partial charge in [-0.25, -0.2) is 0 Å². The van der Waals surface area contributed by atoms with Crippen LogP contribution in [0.25, 0.3) is 10.9 Å². The van der Waals surface area contributed by atoms with Gasteiger partial charge in [-0.2, -0.15) is 0 Å². The molecule has 2 aromatic rings. The van der Waals surface area contributed by atoms with Crippen LogP contribution < -0.4 is 0 Å². The average molecular weight is 298 g/mol. The van der Waals surface area contributed by atoms with Crippen molar-refractivity contribution in [3.8, 4) is 0 Å². The lowest BCUT2D eigenvalue weighted by Crippen LogP contribution is -2.28. The standard InChI is InChI=1S/C17H18N2O3/c1-22-17(21)14-10-15(20)19(11-14)9-7-13-5-2-4-12-6-3-8-18-16(12)13/h2-6,8,14H,7,9-11H2,1H3. The van der Waals surface area contributed by atoms with E-state index in [-0.39, 0.29) is 24.2 Å². The topological polar surface area (TPSA) is 59.5 Å². The average Bonchev–Trinajstić information content (AvgIpc) is 2.93. The van der Waals surface area contributed by atoms with E-state index >= 15 is 0 Å². The van der Waals surface area contributed by atoms with E-state index < -0.39 is 0 Å². The van der Waals surface area contributed by atoms with E-state index in [9.17, 15) is 9.59 Å². The van der Waals surface area contributed by atoms with Gasteiger partial charge in [-0.3, -0.25) is 14.6 Å². The van der Waals surface area contributed by atoms with Crippen molar-refractivity contribution < 1.29 is 14.3 Å². The second kappa shape index (κ2) is 6.13. The minimum atomic E-state index is -0.330. The van der Waals surface area contributed by atoms with Gasteiger partial charge in [0, 0.05) is 31.1 Å². The molecule has 0 spiro atoms. The van der Waals surface area contributed by atoms with E-state index in [1.807, 2.05) is 30.3 Å². The summed E-state index contributed by atoms with van der Waals surface area (Å²) in [6.07, 6.45) is 2.76. The SMILES string of the molecule is COC(=O)C1CC(=O)N(CCc2cccc3cccnc23)C1. The molecule has 1 fully saturated rings. The molecule has 0 saturated carbocycles. The number of para-hydroxylation sites is 1. The lowest BCUT2D eigenvalue weighted by atomic mass is 10.1. The number of carbonyl (C=O) groups excluding carboxylic acids is 2. The van der Waals surface area contributed by atoms with Gasteiger partial charge in [0.15, 0.2) is 0 Å². The number of aromatic nitrogens is 1. The molecule has 0 aliphatic carbocycles. The Balaban J connectivity index is 1.70. The summed E-state index contributed by atoms with van der Waals surface area (Å²) in [6.45, 7) is 1.05. The van der Waals surface area contributed by atoms with Crippen molar-refractivity contribution in [1.29, 1.82) is 0 Å². The van der Waals surface area contributed by atoms with Crippen LogP contribution in [-0.2, 0) is 20.7 Å². The summed E-state index contributed by atoms with van der Waals surface area (Å²) in [4.78, 5) is 29.7. The molecule has 0 N–H and O–H groups in total. The number of likely N-dealkylation sites (tertiary alicyclic amines) is 1. The maximum atomic E-state index is 12.0. The lowest BCUT2D eigenvalue weighted by molar-refractivity contribution is -0.145. The Morgan fingerprint density at radius 2 is 2.18 bits per heavy atom. The van der Waals surface area contributed by atoms with Crippen LogP contribution in [0.4, 0.5) is 0 Å². The summed E-state index contributed by atoms with van der Waals surface area (Å²) < 4.78 is 4.72. The molecule has 1 unspecified atom stereocenters. The van der Waals surface area contributed by atoms with Crippen LogP contribution in [-0.4, -0.2) is 42.0 Å². The van der Waals surface area contributed by atoms with E-state index in [0.29, 0.717) is 13.1 Å². The fourth-order valence-corrected chi connectivity index (χ4v) is 2.94. The summed E-state index contributed by atoms with van der Waals surface area (Å²) in [7, 11) is 1.36. The molecule has 1 saturated heterocycles. The van der Waals surface area contributed by atoms with E-state index in [4.69, 9.17) is 4.74 Å². The third-order valence-corrected chi connectivity index (χ3v) is 4.12. The molecule has 1 aliphatic heterocycles. The molecule has 3 rings (SSSR count). The van der Waals surface area contributed by atoms with Gasteiger partial charge >= 0.3 is 5.97 Å². The monoisotopic (exact) mass is 298 g/mol. The third kappa shape index (κ3) is 2.79. The van der Waals surface area contributed by atoms with Crippen LogP contribution in [0.1, 0.15) is 12.0 Å². The van der Waals surface area contributed by atoms with Crippen molar-refractivity contribution in [2.24, 2.45) is 5.92 Å². The summed E-state index contributed by atoms with van der Waals surface area (Å²) in [5.41, 5.74) is 2.09. The van der Waals surface area contributed by atoms with E-state index in [1.165, 1.54) is 7.11 Å². The highest BCUT2D eigenvalue weighted by Gasteiger charge is 2.34. The van der Waals surface area contributed by atoms with Gasteiger partial charge in [0.1, 0.15) is 0 Å². The van der Waals surface area contributed by atoms with Gasteiger partial charge in [-0.05, 0) is 18.1 Å². The van der Waals surface area contributed by atoms with Gasteiger partial charge in [0.2, 0.25) is 5.91 Å². The summed E-state index contributed by atoms with van der Waals surface area (Å²) in [5, 5.41) is 1.10. The van der Waals surface area contributed by atoms with E-state index in [1.54, 1.807) is 11.1 Å². The first-order valence-corrected chi connectivity index (χ1v) is 7.37. The highest BCUT2D eigenvalue weighted by atomic mass is 16.5. The predicted octanol–water partition coefficient (Wildman–Crippen LogP) is 1.80. The van der Waals surface area contributed by atoms with Crippen molar-refractivity contribution in [1.82, 2.24) is 9.88 Å². The molecule has 22 heavy (non-hydrogen) atoms. The second-order valence-electron chi connectivity index (χ2n) is 5.51. The van der Waals surface area contributed by atoms with Gasteiger partial charge < -0.3 is 9.64 Å². The summed E-state index contributed by atoms with van der Waals surface area (Å²) >= 11 is 0. The minimum absolute atomic E-state index is 0.0172. The zero-order valence-corrected chi connectivity index (χ0v) is 12.5. The van der Waals surface area contributed by atoms with Gasteiger partial charge in [-0.15, -0.1) is 0 Å². The molecule has 1 aromatic heterocycles. The molecule has 0 radical (unpaired) electrons. The summed E-state index contributed by atoms with van der Waals surface area (Å²) in [5.74, 6) is -0.616. The first-order valence-electron chi connectivity index (χ1n) is 7.37. The van der Waals surface area contributed by atoms with Crippen molar-refractivity contribution in [3.05, 3.63) is 42.1 Å². The number of benzene rings is 1. The van der Waals surface area contributed by atoms with Crippen LogP contribution in [0, 0.1) is 5.92 Å². The number of ether oxygens (including phenoxy) is 1. The van der Waals surface area contributed by atoms with Gasteiger partial charge in [-0.1, -0.05) is 24.3 Å². The number of amides is 1. The van der Waals surface area contributed by atoms with Gasteiger partial charge in [0.25, 0.3) is 0 Å². The Morgan fingerprint density at radius 3 is 3.00 bits per heavy atom. The van der Waals surface area contributed by atoms with Crippen molar-refractivity contribution in [3.63, 3.8) is 0 Å². The zero-order chi connectivity index (χ0) is 15.5. The van der Waals surface area contributed by atoms with Crippen LogP contribution in [0.15, 0.2) is 36.5 Å². The first-order chi connectivity index (χ1) is 10.7. The van der Waals surface area contributed by atoms with Gasteiger partial charge in [0.05, 0.1) is 18.5 Å². The molecular weight excluding hydrogens is 280 g/mol. The number of nitrogens with zero attached hydrogens (tertiary/aromatic N) is 2. The maximum absolute atomic E-state index is 12.0. The number of pyridine rings is 1. The Bertz CT molecular complexity index is 709. The predicted molar refractivity (Wildman–Crippen MR) is 82.2 cm³/mol. The van der Waals surface area contributed by atoms with Crippen LogP contribution in [0.5, 0.6) is 0 Å². The fourth-order valence-electron chi connectivity index (χ4n) is 2.94. The number of hydrogen-bond acceptors (Lipinski definition) is 4. The number of esters is 1. The fraction of sp³-hybridized carbons (Fsp3) is 0.353. The molecule has 1 amide bonds. The van der Waals surface area contributed by atoms with Crippen LogP contribution in [0.2, 0.25) is 0 Å². The van der Waals surface area contributed by atoms with E-state index in [2.05, 4.69) is 4.98 Å². The normalized spacial score (nSPS) is 18.0. The van der Waals surface area contributed by atoms with Crippen molar-refractivity contribution in [2.75, 3.05) is 20.2 Å². The largest absolute Gasteiger partial charge is 0.469 e. The van der Waals surface area contributed by atoms with Crippen LogP contribution in [0.3, 0.4) is 0 Å². The second-order valence-corrected chi connectivity index (χ2v) is 5.51. The zero-order valence-electron chi connectivity index (χ0n) is 12.5. The molecular formula is C17H18N2O3. The highest BCUT2D eigenvalue weighted by Crippen LogP contribution is 2.21. The molecule has 114 valence electrons. The minimum Gasteiger partial charge on any atom is -0.469 e. The third-order valence-electron chi connectivity index (χ3n) is 4.12.